The van der Waals surface area contributed by atoms with Crippen LogP contribution in [0.5, 0.6) is 0 Å². The highest BCUT2D eigenvalue weighted by Gasteiger charge is 2.38. The van der Waals surface area contributed by atoms with Crippen molar-refractivity contribution < 1.29 is 28.8 Å². The van der Waals surface area contributed by atoms with Gasteiger partial charge in [0, 0.05) is 19.8 Å². The molecule has 286 valence electrons. The lowest BCUT2D eigenvalue weighted by Gasteiger charge is -2.33. The van der Waals surface area contributed by atoms with Crippen molar-refractivity contribution in [3.63, 3.8) is 0 Å². The van der Waals surface area contributed by atoms with Gasteiger partial charge in [-0.3, -0.25) is 28.8 Å². The van der Waals surface area contributed by atoms with Crippen LogP contribution in [0.1, 0.15) is 78.4 Å². The number of primary amides is 1. The van der Waals surface area contributed by atoms with Crippen molar-refractivity contribution in [1.82, 2.24) is 31.9 Å². The lowest BCUT2D eigenvalue weighted by atomic mass is 9.85. The lowest BCUT2D eigenvalue weighted by Crippen LogP contribution is -2.62. The summed E-state index contributed by atoms with van der Waals surface area (Å²) in [6.45, 7) is 11.3. The topological polar surface area (TPSA) is 201 Å². The third-order valence-corrected chi connectivity index (χ3v) is 8.48. The van der Waals surface area contributed by atoms with Crippen molar-refractivity contribution in [1.29, 1.82) is 0 Å². The maximum absolute atomic E-state index is 14.1. The van der Waals surface area contributed by atoms with Gasteiger partial charge in [0.15, 0.2) is 0 Å². The molecule has 0 aromatic heterocycles. The fraction of sp³-hybridized carbons (Fsp3) is 0.538. The maximum Gasteiger partial charge on any atom is 0.243 e. The Morgan fingerprint density at radius 2 is 1.12 bits per heavy atom. The van der Waals surface area contributed by atoms with E-state index in [0.29, 0.717) is 12.8 Å². The normalized spacial score (nSPS) is 14.2. The van der Waals surface area contributed by atoms with E-state index in [1.54, 1.807) is 20.8 Å². The van der Waals surface area contributed by atoms with E-state index in [-0.39, 0.29) is 31.1 Å². The SMILES string of the molecule is CNCCCC[C@H](NC(C)=O)C(=O)N[C@H](CC(C)C)C(=O)N[C@H](C(=O)N[C@@H](Cc1ccccc1)C(=O)N[C@@H](Cc1ccccc1)C(N)=O)C(C)(C)C. The van der Waals surface area contributed by atoms with Gasteiger partial charge in [0.25, 0.3) is 0 Å². The largest absolute Gasteiger partial charge is 0.368 e. The zero-order valence-electron chi connectivity index (χ0n) is 31.7. The first-order valence-electron chi connectivity index (χ1n) is 18.0. The fourth-order valence-electron chi connectivity index (χ4n) is 5.72. The van der Waals surface area contributed by atoms with Crippen LogP contribution in [0.3, 0.4) is 0 Å². The number of hydrogen-bond acceptors (Lipinski definition) is 7. The molecule has 8 N–H and O–H groups in total. The fourth-order valence-corrected chi connectivity index (χ4v) is 5.72. The van der Waals surface area contributed by atoms with Gasteiger partial charge < -0.3 is 37.6 Å². The molecule has 2 aromatic rings. The smallest absolute Gasteiger partial charge is 0.243 e. The van der Waals surface area contributed by atoms with Crippen molar-refractivity contribution in [2.75, 3.05) is 13.6 Å². The zero-order valence-corrected chi connectivity index (χ0v) is 31.7. The number of amides is 6. The Balaban J connectivity index is 2.32. The first-order chi connectivity index (χ1) is 24.5. The van der Waals surface area contributed by atoms with Gasteiger partial charge in [-0.05, 0) is 61.7 Å². The van der Waals surface area contributed by atoms with Crippen LogP contribution in [0.15, 0.2) is 60.7 Å². The predicted octanol–water partition coefficient (Wildman–Crippen LogP) is 1.88. The van der Waals surface area contributed by atoms with E-state index in [9.17, 15) is 28.8 Å². The van der Waals surface area contributed by atoms with Crippen LogP contribution in [0.25, 0.3) is 0 Å². The third kappa shape index (κ3) is 15.6. The Labute approximate surface area is 308 Å². The van der Waals surface area contributed by atoms with Gasteiger partial charge in [0.05, 0.1) is 0 Å². The van der Waals surface area contributed by atoms with Crippen molar-refractivity contribution in [3.8, 4) is 0 Å². The molecule has 0 aliphatic heterocycles. The summed E-state index contributed by atoms with van der Waals surface area (Å²) in [5, 5.41) is 16.9. The highest BCUT2D eigenvalue weighted by molar-refractivity contribution is 5.96. The van der Waals surface area contributed by atoms with Gasteiger partial charge >= 0.3 is 0 Å². The van der Waals surface area contributed by atoms with Crippen LogP contribution in [0.2, 0.25) is 0 Å². The van der Waals surface area contributed by atoms with Gasteiger partial charge in [-0.25, -0.2) is 0 Å². The molecule has 52 heavy (non-hydrogen) atoms. The predicted molar refractivity (Wildman–Crippen MR) is 202 cm³/mol. The summed E-state index contributed by atoms with van der Waals surface area (Å²) < 4.78 is 0. The number of hydrogen-bond donors (Lipinski definition) is 7. The molecule has 13 nitrogen and oxygen atoms in total. The second kappa shape index (κ2) is 21.6. The van der Waals surface area contributed by atoms with E-state index < -0.39 is 65.2 Å². The molecule has 0 fully saturated rings. The number of carbonyl (C=O) groups excluding carboxylic acids is 6. The van der Waals surface area contributed by atoms with Crippen LogP contribution in [0.4, 0.5) is 0 Å². The molecule has 0 heterocycles. The monoisotopic (exact) mass is 721 g/mol. The van der Waals surface area contributed by atoms with Crippen molar-refractivity contribution >= 4 is 35.4 Å². The van der Waals surface area contributed by atoms with Crippen molar-refractivity contribution in [2.24, 2.45) is 17.1 Å². The molecule has 0 radical (unpaired) electrons. The molecule has 0 bridgehead atoms. The van der Waals surface area contributed by atoms with Gasteiger partial charge in [0.2, 0.25) is 35.4 Å². The molecule has 13 heteroatoms. The molecule has 5 atom stereocenters. The Morgan fingerprint density at radius 1 is 0.635 bits per heavy atom. The van der Waals surface area contributed by atoms with E-state index in [2.05, 4.69) is 31.9 Å². The van der Waals surface area contributed by atoms with Crippen molar-refractivity contribution in [2.45, 2.75) is 110 Å². The molecule has 2 aromatic carbocycles. The number of carbonyl (C=O) groups is 6. The van der Waals surface area contributed by atoms with Crippen LogP contribution in [-0.2, 0) is 41.6 Å². The third-order valence-electron chi connectivity index (χ3n) is 8.48. The summed E-state index contributed by atoms with van der Waals surface area (Å²) in [4.78, 5) is 79.5. The molecular formula is C39H59N7O6. The lowest BCUT2D eigenvalue weighted by molar-refractivity contribution is -0.136. The maximum atomic E-state index is 14.1. The quantitative estimate of drug-likeness (QED) is 0.0955. The van der Waals surface area contributed by atoms with E-state index in [4.69, 9.17) is 5.73 Å². The molecule has 0 aliphatic carbocycles. The van der Waals surface area contributed by atoms with Crippen LogP contribution in [0, 0.1) is 11.3 Å². The van der Waals surface area contributed by atoms with E-state index in [1.807, 2.05) is 81.6 Å². The minimum absolute atomic E-state index is 0.000782. The minimum atomic E-state index is -1.12. The summed E-state index contributed by atoms with van der Waals surface area (Å²) >= 11 is 0. The Morgan fingerprint density at radius 3 is 1.60 bits per heavy atom. The Hall–Kier alpha value is -4.78. The van der Waals surface area contributed by atoms with Crippen molar-refractivity contribution in [3.05, 3.63) is 71.8 Å². The second-order valence-corrected chi connectivity index (χ2v) is 14.8. The highest BCUT2D eigenvalue weighted by atomic mass is 16.2. The Bertz CT molecular complexity index is 1460. The van der Waals surface area contributed by atoms with Gasteiger partial charge in [-0.15, -0.1) is 0 Å². The van der Waals surface area contributed by atoms with Gasteiger partial charge in [-0.1, -0.05) is 95.3 Å². The number of nitrogens with two attached hydrogens (primary N) is 1. The summed E-state index contributed by atoms with van der Waals surface area (Å²) in [5.41, 5.74) is 6.42. The van der Waals surface area contributed by atoms with Crippen LogP contribution < -0.4 is 37.6 Å². The highest BCUT2D eigenvalue weighted by Crippen LogP contribution is 2.21. The standard InChI is InChI=1S/C39H59N7O6/c1-25(2)22-31(44-35(49)29(42-26(3)47)20-14-15-21-41-7)37(51)46-33(39(4,5)6)38(52)45-32(24-28-18-12-9-13-19-28)36(50)43-30(34(40)48)23-27-16-10-8-11-17-27/h8-13,16-19,25,29-33,41H,14-15,20-24H2,1-7H3,(H2,40,48)(H,42,47)(H,43,50)(H,44,49)(H,45,52)(H,46,51)/t29-,30-,31+,32-,33+/m0/s1. The Kier molecular flexibility index (Phi) is 18.0. The molecule has 0 saturated carbocycles. The van der Waals surface area contributed by atoms with Crippen LogP contribution >= 0.6 is 0 Å². The summed E-state index contributed by atoms with van der Waals surface area (Å²) in [7, 11) is 1.84. The van der Waals surface area contributed by atoms with Crippen LogP contribution in [-0.4, -0.2) is 79.2 Å². The second-order valence-electron chi connectivity index (χ2n) is 14.8. The number of nitrogens with one attached hydrogen (secondary N) is 6. The molecule has 0 spiro atoms. The van der Waals surface area contributed by atoms with E-state index in [1.165, 1.54) is 6.92 Å². The average Bonchev–Trinajstić information content (AvgIpc) is 3.07. The number of unbranched alkanes of at least 4 members (excludes halogenated alkanes) is 1. The first-order valence-corrected chi connectivity index (χ1v) is 18.0. The molecular weight excluding hydrogens is 662 g/mol. The van der Waals surface area contributed by atoms with E-state index >= 15 is 0 Å². The molecule has 2 rings (SSSR count). The van der Waals surface area contributed by atoms with Gasteiger partial charge in [-0.2, -0.15) is 0 Å². The molecule has 6 amide bonds. The summed E-state index contributed by atoms with van der Waals surface area (Å²) in [6.07, 6.45) is 2.41. The summed E-state index contributed by atoms with van der Waals surface area (Å²) in [5.74, 6) is -3.38. The summed E-state index contributed by atoms with van der Waals surface area (Å²) in [6, 6.07) is 13.1. The number of rotatable bonds is 21. The van der Waals surface area contributed by atoms with Gasteiger partial charge in [0.1, 0.15) is 30.2 Å². The molecule has 0 saturated heterocycles. The average molecular weight is 722 g/mol. The van der Waals surface area contributed by atoms with E-state index in [0.717, 1.165) is 24.1 Å². The molecule has 0 unspecified atom stereocenters. The minimum Gasteiger partial charge on any atom is -0.368 e. The first kappa shape index (κ1) is 43.4. The zero-order chi connectivity index (χ0) is 38.8. The molecule has 0 aliphatic rings. The number of benzene rings is 2.